The summed E-state index contributed by atoms with van der Waals surface area (Å²) < 4.78 is 104. The molecule has 2 amide bonds. The van der Waals surface area contributed by atoms with E-state index in [9.17, 15) is 54.3 Å². The van der Waals surface area contributed by atoms with Crippen molar-refractivity contribution in [1.82, 2.24) is 10.1 Å². The molecule has 0 radical (unpaired) electrons. The summed E-state index contributed by atoms with van der Waals surface area (Å²) in [6.45, 7) is 0. The Morgan fingerprint density at radius 1 is 0.567 bits per heavy atom. The van der Waals surface area contributed by atoms with Crippen LogP contribution < -0.4 is 0 Å². The molecule has 0 spiro atoms. The van der Waals surface area contributed by atoms with E-state index in [4.69, 9.17) is 15.1 Å². The van der Waals surface area contributed by atoms with E-state index in [0.29, 0.717) is 12.8 Å². The Bertz CT molecular complexity index is 2240. The van der Waals surface area contributed by atoms with E-state index >= 15 is 0 Å². The Morgan fingerprint density at radius 3 is 1.35 bits per heavy atom. The summed E-state index contributed by atoms with van der Waals surface area (Å²) in [5.74, 6) is -8.70. The summed E-state index contributed by atoms with van der Waals surface area (Å²) in [7, 11) is 5.63. The van der Waals surface area contributed by atoms with E-state index in [-0.39, 0.29) is 45.9 Å². The molecule has 2 N–H and O–H groups in total. The van der Waals surface area contributed by atoms with Crippen LogP contribution in [0.5, 0.6) is 0 Å². The van der Waals surface area contributed by atoms with Gasteiger partial charge in [-0.3, -0.25) is 24.1 Å². The molecule has 2 aliphatic rings. The zero-order valence-electron chi connectivity index (χ0n) is 32.2. The van der Waals surface area contributed by atoms with E-state index in [1.807, 2.05) is 0 Å². The number of carbonyl (C=O) groups is 4. The molecule has 2 aliphatic carbocycles. The van der Waals surface area contributed by atoms with Crippen LogP contribution in [-0.2, 0) is 28.9 Å². The van der Waals surface area contributed by atoms with Crippen LogP contribution in [0.1, 0.15) is 46.9 Å². The van der Waals surface area contributed by atoms with Crippen molar-refractivity contribution in [3.05, 3.63) is 154 Å². The molecule has 2 saturated carbocycles. The Labute approximate surface area is 338 Å². The molecule has 60 heavy (non-hydrogen) atoms. The molecule has 4 atom stereocenters. The lowest BCUT2D eigenvalue weighted by molar-refractivity contribution is -0.170. The molecule has 0 aliphatic heterocycles. The third-order valence-corrected chi connectivity index (χ3v) is 8.83. The first kappa shape index (κ1) is 48.0. The van der Waals surface area contributed by atoms with Crippen molar-refractivity contribution in [2.45, 2.75) is 24.7 Å². The number of rotatable bonds is 10. The van der Waals surface area contributed by atoms with Gasteiger partial charge >= 0.3 is 11.9 Å². The lowest BCUT2D eigenvalue weighted by Gasteiger charge is -2.13. The number of amides is 2. The maximum absolute atomic E-state index is 13.5. The SMILES string of the molecule is CON(C)C(=O)/C=C/c1cc(F)ccc1F.CON(C)C(=O)C1CC1c1cc(F)ccc1F.O=C(O)/C=C/c1cc(F)ccc1F.O=C(O)C1CC1c1cc(F)ccc1F. The van der Waals surface area contributed by atoms with E-state index in [1.165, 1.54) is 34.4 Å². The number of aliphatic carboxylic acids is 2. The second-order valence-electron chi connectivity index (χ2n) is 12.9. The van der Waals surface area contributed by atoms with Crippen LogP contribution in [0.4, 0.5) is 35.1 Å². The minimum atomic E-state index is -1.20. The zero-order valence-corrected chi connectivity index (χ0v) is 32.2. The topological polar surface area (TPSA) is 134 Å². The second-order valence-corrected chi connectivity index (χ2v) is 12.9. The van der Waals surface area contributed by atoms with Crippen LogP contribution in [0, 0.1) is 58.4 Å². The number of carboxylic acid groups (broad SMARTS) is 2. The van der Waals surface area contributed by atoms with Crippen molar-refractivity contribution in [1.29, 1.82) is 0 Å². The highest BCUT2D eigenvalue weighted by atomic mass is 19.2. The zero-order chi connectivity index (χ0) is 44.8. The number of carboxylic acids is 2. The maximum atomic E-state index is 13.5. The number of halogens is 8. The molecule has 0 bridgehead atoms. The first-order valence-electron chi connectivity index (χ1n) is 17.5. The summed E-state index contributed by atoms with van der Waals surface area (Å²) in [6, 6.07) is 12.3. The van der Waals surface area contributed by atoms with E-state index in [2.05, 4.69) is 4.84 Å². The summed E-state index contributed by atoms with van der Waals surface area (Å²) in [5.41, 5.74) is 0.380. The molecular weight excluding hydrogens is 812 g/mol. The summed E-state index contributed by atoms with van der Waals surface area (Å²) in [4.78, 5) is 52.9. The smallest absolute Gasteiger partial charge is 0.328 e. The molecule has 320 valence electrons. The van der Waals surface area contributed by atoms with Gasteiger partial charge in [-0.05, 0) is 115 Å². The number of hydrogen-bond acceptors (Lipinski definition) is 6. The maximum Gasteiger partial charge on any atom is 0.328 e. The fraction of sp³-hybridized carbons (Fsp3) is 0.238. The summed E-state index contributed by atoms with van der Waals surface area (Å²) in [5, 5.41) is 18.9. The molecule has 4 aromatic rings. The van der Waals surface area contributed by atoms with Gasteiger partial charge in [0.1, 0.15) is 46.5 Å². The predicted octanol–water partition coefficient (Wildman–Crippen LogP) is 8.30. The summed E-state index contributed by atoms with van der Waals surface area (Å²) in [6.07, 6.45) is 4.97. The van der Waals surface area contributed by atoms with Gasteiger partial charge in [0, 0.05) is 49.2 Å². The Morgan fingerprint density at radius 2 is 0.950 bits per heavy atom. The van der Waals surface area contributed by atoms with E-state index in [0.717, 1.165) is 101 Å². The molecular formula is C42H38F8N2O8. The molecule has 4 unspecified atom stereocenters. The highest BCUT2D eigenvalue weighted by Crippen LogP contribution is 2.49. The molecule has 2 fully saturated rings. The number of hydrogen-bond donors (Lipinski definition) is 2. The summed E-state index contributed by atoms with van der Waals surface area (Å²) >= 11 is 0. The van der Waals surface area contributed by atoms with Crippen LogP contribution in [0.15, 0.2) is 84.9 Å². The number of hydroxylamine groups is 4. The first-order valence-corrected chi connectivity index (χ1v) is 17.5. The van der Waals surface area contributed by atoms with Crippen LogP contribution in [0.3, 0.4) is 0 Å². The Kier molecular flexibility index (Phi) is 17.7. The average Bonchev–Trinajstić information content (AvgIpc) is 4.16. The molecule has 0 saturated heterocycles. The molecule has 10 nitrogen and oxygen atoms in total. The quantitative estimate of drug-likeness (QED) is 0.0926. The van der Waals surface area contributed by atoms with Crippen LogP contribution in [0.2, 0.25) is 0 Å². The average molecular weight is 851 g/mol. The van der Waals surface area contributed by atoms with Crippen molar-refractivity contribution in [2.75, 3.05) is 28.3 Å². The molecule has 6 rings (SSSR count). The van der Waals surface area contributed by atoms with Gasteiger partial charge in [0.25, 0.3) is 5.91 Å². The first-order chi connectivity index (χ1) is 28.3. The molecule has 4 aromatic carbocycles. The van der Waals surface area contributed by atoms with Crippen molar-refractivity contribution in [3.63, 3.8) is 0 Å². The van der Waals surface area contributed by atoms with Crippen LogP contribution in [-0.4, -0.2) is 72.4 Å². The Hall–Kier alpha value is -6.40. The fourth-order valence-corrected chi connectivity index (χ4v) is 5.35. The van der Waals surface area contributed by atoms with Gasteiger partial charge in [0.2, 0.25) is 5.91 Å². The number of likely N-dealkylation sites (N-methyl/N-ethyl adjacent to an activating group) is 1. The monoisotopic (exact) mass is 850 g/mol. The van der Waals surface area contributed by atoms with Crippen LogP contribution >= 0.6 is 0 Å². The number of nitrogens with zero attached hydrogens (tertiary/aromatic N) is 2. The lowest BCUT2D eigenvalue weighted by atomic mass is 10.1. The third-order valence-electron chi connectivity index (χ3n) is 8.83. The lowest BCUT2D eigenvalue weighted by Crippen LogP contribution is -2.27. The largest absolute Gasteiger partial charge is 0.481 e. The van der Waals surface area contributed by atoms with Crippen molar-refractivity contribution in [2.24, 2.45) is 11.8 Å². The highest BCUT2D eigenvalue weighted by Gasteiger charge is 2.47. The van der Waals surface area contributed by atoms with Gasteiger partial charge in [-0.15, -0.1) is 0 Å². The number of benzene rings is 4. The standard InChI is InChI=1S/C12H13F2NO2.C11H11F2NO2.C10H8F2O2.C9H6F2O2/c1-15(17-2)12(16)10-6-8(10)9-5-7(13)3-4-11(9)14;1-14(16-2)11(15)6-3-8-7-9(12)4-5-10(8)13;11-5-1-2-9(12)7(3-5)6-4-8(6)10(13)14;10-7-2-3-8(11)6(5-7)1-4-9(12)13/h3-5,8,10H,6H2,1-2H3;3-7H,1-2H3;1-3,6,8H,4H2,(H,13,14);1-5H,(H,12,13)/b;6-3+;;4-1+. The van der Waals surface area contributed by atoms with E-state index < -0.39 is 70.3 Å². The minimum Gasteiger partial charge on any atom is -0.481 e. The van der Waals surface area contributed by atoms with Gasteiger partial charge in [-0.25, -0.2) is 50.0 Å². The van der Waals surface area contributed by atoms with Gasteiger partial charge in [-0.1, -0.05) is 0 Å². The van der Waals surface area contributed by atoms with Crippen LogP contribution in [0.25, 0.3) is 12.2 Å². The highest BCUT2D eigenvalue weighted by molar-refractivity contribution is 5.91. The van der Waals surface area contributed by atoms with Gasteiger partial charge in [0.05, 0.1) is 20.1 Å². The van der Waals surface area contributed by atoms with Gasteiger partial charge < -0.3 is 10.2 Å². The number of carbonyl (C=O) groups excluding carboxylic acids is 2. The third kappa shape index (κ3) is 14.5. The predicted molar refractivity (Wildman–Crippen MR) is 200 cm³/mol. The molecule has 0 aromatic heterocycles. The van der Waals surface area contributed by atoms with Gasteiger partial charge in [0.15, 0.2) is 0 Å². The second kappa shape index (κ2) is 22.1. The normalized spacial score (nSPS) is 17.3. The Balaban J connectivity index is 0.000000215. The fourth-order valence-electron chi connectivity index (χ4n) is 5.35. The van der Waals surface area contributed by atoms with E-state index in [1.54, 1.807) is 0 Å². The molecule has 0 heterocycles. The van der Waals surface area contributed by atoms with Crippen molar-refractivity contribution >= 4 is 35.9 Å². The van der Waals surface area contributed by atoms with Crippen molar-refractivity contribution < 1.29 is 74.2 Å². The van der Waals surface area contributed by atoms with Crippen molar-refractivity contribution in [3.8, 4) is 0 Å². The minimum absolute atomic E-state index is 0.0119. The molecule has 18 heteroatoms. The van der Waals surface area contributed by atoms with Gasteiger partial charge in [-0.2, -0.15) is 0 Å².